The molecule has 0 aliphatic rings. The zero-order valence-corrected chi connectivity index (χ0v) is 10.8. The van der Waals surface area contributed by atoms with Crippen molar-refractivity contribution < 1.29 is 4.42 Å². The molecule has 2 aromatic heterocycles. The Hall–Kier alpha value is -1.39. The molecule has 90 valence electrons. The van der Waals surface area contributed by atoms with Crippen molar-refractivity contribution in [1.82, 2.24) is 10.3 Å². The number of hydrogen-bond donors (Lipinski definition) is 1. The normalized spacial score (nSPS) is 13.3. The Morgan fingerprint density at radius 1 is 1.59 bits per heavy atom. The molecule has 0 aliphatic carbocycles. The van der Waals surface area contributed by atoms with Crippen LogP contribution in [0.5, 0.6) is 0 Å². The Kier molecular flexibility index (Phi) is 4.12. The maximum atomic E-state index is 5.20. The van der Waals surface area contributed by atoms with Crippen molar-refractivity contribution >= 4 is 17.4 Å². The van der Waals surface area contributed by atoms with E-state index in [1.165, 1.54) is 0 Å². The topological polar surface area (TPSA) is 38.1 Å². The predicted octanol–water partition coefficient (Wildman–Crippen LogP) is 3.41. The number of aromatic nitrogens is 1. The third-order valence-corrected chi connectivity index (χ3v) is 3.24. The summed E-state index contributed by atoms with van der Waals surface area (Å²) in [4.78, 5) is 4.45. The first kappa shape index (κ1) is 12.1. The second kappa shape index (κ2) is 5.80. The van der Waals surface area contributed by atoms with Crippen LogP contribution in [0.3, 0.4) is 0 Å². The highest BCUT2D eigenvalue weighted by Crippen LogP contribution is 2.15. The van der Waals surface area contributed by atoms with E-state index < -0.39 is 0 Å². The van der Waals surface area contributed by atoms with Gasteiger partial charge in [-0.2, -0.15) is 0 Å². The fourth-order valence-electron chi connectivity index (χ4n) is 1.49. The molecule has 0 radical (unpaired) electrons. The maximum absolute atomic E-state index is 5.20. The van der Waals surface area contributed by atoms with Crippen LogP contribution in [-0.4, -0.2) is 11.5 Å². The van der Waals surface area contributed by atoms with Crippen LogP contribution in [0.1, 0.15) is 29.4 Å². The SMILES string of the molecule is Cc1nc(C(C)NCC=Cc2ccco2)cs1. The lowest BCUT2D eigenvalue weighted by Crippen LogP contribution is -2.18. The molecular weight excluding hydrogens is 232 g/mol. The largest absolute Gasteiger partial charge is 0.465 e. The number of hydrogen-bond acceptors (Lipinski definition) is 4. The van der Waals surface area contributed by atoms with E-state index in [-0.39, 0.29) is 6.04 Å². The standard InChI is InChI=1S/C13H16N2OS/c1-10(13-9-17-11(2)15-13)14-7-3-5-12-6-4-8-16-12/h3-6,8-10,14H,7H2,1-2H3. The van der Waals surface area contributed by atoms with Gasteiger partial charge in [-0.15, -0.1) is 11.3 Å². The second-order valence-corrected chi connectivity index (χ2v) is 4.90. The monoisotopic (exact) mass is 248 g/mol. The predicted molar refractivity (Wildman–Crippen MR) is 71.0 cm³/mol. The Morgan fingerprint density at radius 3 is 3.12 bits per heavy atom. The van der Waals surface area contributed by atoms with E-state index in [0.717, 1.165) is 23.0 Å². The molecule has 2 aromatic rings. The Labute approximate surface area is 105 Å². The molecule has 17 heavy (non-hydrogen) atoms. The second-order valence-electron chi connectivity index (χ2n) is 3.84. The minimum Gasteiger partial charge on any atom is -0.465 e. The van der Waals surface area contributed by atoms with Crippen LogP contribution < -0.4 is 5.32 Å². The molecule has 4 heteroatoms. The van der Waals surface area contributed by atoms with Gasteiger partial charge in [0, 0.05) is 18.0 Å². The molecule has 1 N–H and O–H groups in total. The van der Waals surface area contributed by atoms with Gasteiger partial charge in [-0.1, -0.05) is 6.08 Å². The molecule has 2 rings (SSSR count). The molecule has 0 saturated heterocycles. The zero-order valence-electron chi connectivity index (χ0n) is 10.0. The van der Waals surface area contributed by atoms with Crippen LogP contribution in [0.15, 0.2) is 34.3 Å². The first-order valence-electron chi connectivity index (χ1n) is 5.61. The zero-order chi connectivity index (χ0) is 12.1. The minimum atomic E-state index is 0.279. The van der Waals surface area contributed by atoms with Gasteiger partial charge in [-0.25, -0.2) is 4.98 Å². The highest BCUT2D eigenvalue weighted by molar-refractivity contribution is 7.09. The lowest BCUT2D eigenvalue weighted by atomic mass is 10.2. The highest BCUT2D eigenvalue weighted by atomic mass is 32.1. The molecule has 0 amide bonds. The van der Waals surface area contributed by atoms with Gasteiger partial charge in [0.1, 0.15) is 5.76 Å². The fraction of sp³-hybridized carbons (Fsp3) is 0.308. The van der Waals surface area contributed by atoms with Gasteiger partial charge in [-0.05, 0) is 32.1 Å². The summed E-state index contributed by atoms with van der Waals surface area (Å²) >= 11 is 1.69. The smallest absolute Gasteiger partial charge is 0.126 e. The van der Waals surface area contributed by atoms with Crippen molar-refractivity contribution in [3.8, 4) is 0 Å². The number of thiazole rings is 1. The van der Waals surface area contributed by atoms with E-state index in [2.05, 4.69) is 28.7 Å². The average molecular weight is 248 g/mol. The van der Waals surface area contributed by atoms with Gasteiger partial charge >= 0.3 is 0 Å². The highest BCUT2D eigenvalue weighted by Gasteiger charge is 2.06. The van der Waals surface area contributed by atoms with Crippen LogP contribution in [0.4, 0.5) is 0 Å². The fourth-order valence-corrected chi connectivity index (χ4v) is 2.20. The molecule has 0 spiro atoms. The average Bonchev–Trinajstić information content (AvgIpc) is 2.95. The van der Waals surface area contributed by atoms with E-state index in [9.17, 15) is 0 Å². The Balaban J connectivity index is 1.79. The number of furan rings is 1. The third-order valence-electron chi connectivity index (χ3n) is 2.45. The molecule has 0 aliphatic heterocycles. The molecule has 1 atom stereocenters. The summed E-state index contributed by atoms with van der Waals surface area (Å²) < 4.78 is 5.20. The van der Waals surface area contributed by atoms with Crippen molar-refractivity contribution in [3.63, 3.8) is 0 Å². The van der Waals surface area contributed by atoms with E-state index in [1.54, 1.807) is 17.6 Å². The molecule has 0 bridgehead atoms. The van der Waals surface area contributed by atoms with Gasteiger partial charge < -0.3 is 9.73 Å². The summed E-state index contributed by atoms with van der Waals surface area (Å²) in [6.45, 7) is 4.95. The summed E-state index contributed by atoms with van der Waals surface area (Å²) in [6.07, 6.45) is 5.69. The third kappa shape index (κ3) is 3.54. The number of nitrogens with one attached hydrogen (secondary N) is 1. The Morgan fingerprint density at radius 2 is 2.47 bits per heavy atom. The first-order chi connectivity index (χ1) is 8.25. The van der Waals surface area contributed by atoms with Crippen molar-refractivity contribution in [2.24, 2.45) is 0 Å². The van der Waals surface area contributed by atoms with E-state index in [0.29, 0.717) is 0 Å². The Bertz CT molecular complexity index is 473. The maximum Gasteiger partial charge on any atom is 0.126 e. The minimum absolute atomic E-state index is 0.279. The molecule has 0 saturated carbocycles. The first-order valence-corrected chi connectivity index (χ1v) is 6.49. The van der Waals surface area contributed by atoms with Gasteiger partial charge in [0.15, 0.2) is 0 Å². The van der Waals surface area contributed by atoms with Crippen LogP contribution in [0.2, 0.25) is 0 Å². The van der Waals surface area contributed by atoms with Crippen LogP contribution in [0, 0.1) is 6.92 Å². The van der Waals surface area contributed by atoms with E-state index in [1.807, 2.05) is 25.1 Å². The summed E-state index contributed by atoms with van der Waals surface area (Å²) in [6, 6.07) is 4.10. The van der Waals surface area contributed by atoms with Crippen LogP contribution in [0.25, 0.3) is 6.08 Å². The summed E-state index contributed by atoms with van der Waals surface area (Å²) in [7, 11) is 0. The van der Waals surface area contributed by atoms with Crippen molar-refractivity contribution in [2.75, 3.05) is 6.54 Å². The molecule has 1 unspecified atom stereocenters. The number of aryl methyl sites for hydroxylation is 1. The van der Waals surface area contributed by atoms with E-state index >= 15 is 0 Å². The lowest BCUT2D eigenvalue weighted by molar-refractivity contribution is 0.556. The molecule has 3 nitrogen and oxygen atoms in total. The van der Waals surface area contributed by atoms with Crippen molar-refractivity contribution in [2.45, 2.75) is 19.9 Å². The van der Waals surface area contributed by atoms with E-state index in [4.69, 9.17) is 4.42 Å². The summed E-state index contributed by atoms with van der Waals surface area (Å²) in [5.41, 5.74) is 1.11. The number of rotatable bonds is 5. The number of nitrogens with zero attached hydrogens (tertiary/aromatic N) is 1. The quantitative estimate of drug-likeness (QED) is 0.881. The molecular formula is C13H16N2OS. The van der Waals surface area contributed by atoms with Gasteiger partial charge in [0.2, 0.25) is 0 Å². The van der Waals surface area contributed by atoms with Crippen LogP contribution in [-0.2, 0) is 0 Å². The molecule has 0 fully saturated rings. The lowest BCUT2D eigenvalue weighted by Gasteiger charge is -2.08. The van der Waals surface area contributed by atoms with Crippen LogP contribution >= 0.6 is 11.3 Å². The van der Waals surface area contributed by atoms with Crippen molar-refractivity contribution in [1.29, 1.82) is 0 Å². The van der Waals surface area contributed by atoms with Crippen molar-refractivity contribution in [3.05, 3.63) is 46.3 Å². The molecule has 2 heterocycles. The van der Waals surface area contributed by atoms with Gasteiger partial charge in [0.05, 0.1) is 17.0 Å². The van der Waals surface area contributed by atoms with Gasteiger partial charge in [0.25, 0.3) is 0 Å². The molecule has 0 aromatic carbocycles. The summed E-state index contributed by atoms with van der Waals surface area (Å²) in [5, 5.41) is 6.60. The summed E-state index contributed by atoms with van der Waals surface area (Å²) in [5.74, 6) is 0.879. The van der Waals surface area contributed by atoms with Gasteiger partial charge in [-0.3, -0.25) is 0 Å².